The number of imidazole rings is 1. The summed E-state index contributed by atoms with van der Waals surface area (Å²) in [4.78, 5) is 13.1. The number of hydrogen-bond donors (Lipinski definition) is 4. The van der Waals surface area contributed by atoms with Gasteiger partial charge >= 0.3 is 0 Å². The summed E-state index contributed by atoms with van der Waals surface area (Å²) in [6.45, 7) is 2.17. The molecule has 182 valence electrons. The first-order valence-electron chi connectivity index (χ1n) is 11.4. The fraction of sp³-hybridized carbons (Fsp3) is 0.522. The van der Waals surface area contributed by atoms with E-state index in [0.717, 1.165) is 24.8 Å². The molecule has 2 aromatic heterocycles. The van der Waals surface area contributed by atoms with Gasteiger partial charge in [-0.25, -0.2) is 4.98 Å². The Morgan fingerprint density at radius 1 is 1.24 bits per heavy atom. The number of benzene rings is 1. The molecular weight excluding hydrogens is 462 g/mol. The lowest BCUT2D eigenvalue weighted by molar-refractivity contribution is -0.0511. The third-order valence-electron chi connectivity index (χ3n) is 6.51. The van der Waals surface area contributed by atoms with Crippen LogP contribution in [0, 0.1) is 6.92 Å². The lowest BCUT2D eigenvalue weighted by Gasteiger charge is -2.22. The molecule has 0 radical (unpaired) electrons. The molecule has 10 nitrogen and oxygen atoms in total. The summed E-state index contributed by atoms with van der Waals surface area (Å²) in [5.41, 5.74) is 3.15. The molecule has 0 bridgehead atoms. The van der Waals surface area contributed by atoms with Crippen LogP contribution in [0.15, 0.2) is 30.6 Å². The van der Waals surface area contributed by atoms with Crippen LogP contribution >= 0.6 is 11.6 Å². The van der Waals surface area contributed by atoms with Gasteiger partial charge in [-0.05, 0) is 43.4 Å². The van der Waals surface area contributed by atoms with Gasteiger partial charge in [-0.3, -0.25) is 4.57 Å². The van der Waals surface area contributed by atoms with E-state index in [1.165, 1.54) is 16.5 Å². The third-order valence-corrected chi connectivity index (χ3v) is 6.68. The highest BCUT2D eigenvalue weighted by Crippen LogP contribution is 2.34. The molecule has 3 unspecified atom stereocenters. The molecule has 0 amide bonds. The molecule has 6 atom stereocenters. The van der Waals surface area contributed by atoms with E-state index in [0.29, 0.717) is 23.6 Å². The van der Waals surface area contributed by atoms with Crippen molar-refractivity contribution in [3.05, 3.63) is 47.0 Å². The van der Waals surface area contributed by atoms with Crippen LogP contribution in [0.1, 0.15) is 36.6 Å². The molecule has 1 aliphatic heterocycles. The van der Waals surface area contributed by atoms with Crippen LogP contribution in [0.5, 0.6) is 0 Å². The maximum absolute atomic E-state index is 10.4. The van der Waals surface area contributed by atoms with Crippen molar-refractivity contribution < 1.29 is 24.8 Å². The van der Waals surface area contributed by atoms with Gasteiger partial charge in [-0.15, -0.1) is 0 Å². The topological polar surface area (TPSA) is 135 Å². The van der Waals surface area contributed by atoms with E-state index in [-0.39, 0.29) is 17.4 Å². The van der Waals surface area contributed by atoms with Crippen LogP contribution in [0.2, 0.25) is 5.28 Å². The van der Waals surface area contributed by atoms with Gasteiger partial charge < -0.3 is 30.1 Å². The number of rotatable bonds is 7. The number of halogens is 1. The number of ether oxygens (including phenoxy) is 2. The SMILES string of the molecule is Cc1cccc(COC2CCC[C@@H]2Nc2nc(Cl)nc3c2ncn3C2OC(CO)[C@@H](O)[C@H]2O)c1. The van der Waals surface area contributed by atoms with Crippen LogP contribution < -0.4 is 5.32 Å². The van der Waals surface area contributed by atoms with E-state index >= 15 is 0 Å². The highest BCUT2D eigenvalue weighted by atomic mass is 35.5. The molecule has 1 saturated carbocycles. The van der Waals surface area contributed by atoms with Crippen molar-refractivity contribution in [1.29, 1.82) is 0 Å². The predicted octanol–water partition coefficient (Wildman–Crippen LogP) is 1.95. The molecule has 3 heterocycles. The number of nitrogens with zero attached hydrogens (tertiary/aromatic N) is 4. The second-order valence-corrected chi connectivity index (χ2v) is 9.25. The number of anilines is 1. The summed E-state index contributed by atoms with van der Waals surface area (Å²) in [6, 6.07) is 8.30. The zero-order valence-corrected chi connectivity index (χ0v) is 19.5. The molecule has 1 aliphatic carbocycles. The Morgan fingerprint density at radius 2 is 2.09 bits per heavy atom. The number of nitrogens with one attached hydrogen (secondary N) is 1. The first kappa shape index (κ1) is 23.4. The summed E-state index contributed by atoms with van der Waals surface area (Å²) in [7, 11) is 0. The first-order chi connectivity index (χ1) is 16.4. The van der Waals surface area contributed by atoms with Gasteiger partial charge in [0.25, 0.3) is 0 Å². The van der Waals surface area contributed by atoms with E-state index < -0.39 is 31.1 Å². The minimum atomic E-state index is -1.26. The Balaban J connectivity index is 1.36. The van der Waals surface area contributed by atoms with Gasteiger partial charge in [0.05, 0.1) is 31.7 Å². The molecular formula is C23H28ClN5O5. The smallest absolute Gasteiger partial charge is 0.226 e. The Labute approximate surface area is 201 Å². The minimum Gasteiger partial charge on any atom is -0.394 e. The van der Waals surface area contributed by atoms with Crippen LogP contribution in [0.4, 0.5) is 5.82 Å². The van der Waals surface area contributed by atoms with Crippen molar-refractivity contribution in [3.8, 4) is 0 Å². The lowest BCUT2D eigenvalue weighted by Crippen LogP contribution is -2.33. The molecule has 2 aliphatic rings. The van der Waals surface area contributed by atoms with E-state index in [9.17, 15) is 15.3 Å². The van der Waals surface area contributed by atoms with E-state index in [1.54, 1.807) is 0 Å². The number of fused-ring (bicyclic) bond motifs is 1. The molecule has 3 aromatic rings. The summed E-state index contributed by atoms with van der Waals surface area (Å²) in [5, 5.41) is 33.4. The van der Waals surface area contributed by atoms with Crippen LogP contribution in [-0.2, 0) is 16.1 Å². The van der Waals surface area contributed by atoms with Crippen LogP contribution in [-0.4, -0.2) is 71.9 Å². The molecule has 2 fully saturated rings. The van der Waals surface area contributed by atoms with Gasteiger partial charge in [0.2, 0.25) is 5.28 Å². The molecule has 4 N–H and O–H groups in total. The zero-order chi connectivity index (χ0) is 23.8. The van der Waals surface area contributed by atoms with Crippen molar-refractivity contribution in [3.63, 3.8) is 0 Å². The second kappa shape index (κ2) is 9.73. The van der Waals surface area contributed by atoms with Crippen LogP contribution in [0.25, 0.3) is 11.2 Å². The van der Waals surface area contributed by atoms with Crippen molar-refractivity contribution in [2.45, 2.75) is 69.5 Å². The zero-order valence-electron chi connectivity index (χ0n) is 18.7. The summed E-state index contributed by atoms with van der Waals surface area (Å²) < 4.78 is 13.4. The van der Waals surface area contributed by atoms with Crippen LogP contribution in [0.3, 0.4) is 0 Å². The molecule has 11 heteroatoms. The summed E-state index contributed by atoms with van der Waals surface area (Å²) in [5.74, 6) is 0.469. The Morgan fingerprint density at radius 3 is 2.85 bits per heavy atom. The lowest BCUT2D eigenvalue weighted by atomic mass is 10.1. The Hall–Kier alpha value is -2.34. The van der Waals surface area contributed by atoms with Gasteiger partial charge in [0.1, 0.15) is 18.3 Å². The predicted molar refractivity (Wildman–Crippen MR) is 124 cm³/mol. The highest BCUT2D eigenvalue weighted by molar-refractivity contribution is 6.28. The number of aliphatic hydroxyl groups is 3. The monoisotopic (exact) mass is 489 g/mol. The van der Waals surface area contributed by atoms with Gasteiger partial charge in [0.15, 0.2) is 23.2 Å². The number of aryl methyl sites for hydroxylation is 1. The van der Waals surface area contributed by atoms with Gasteiger partial charge in [-0.2, -0.15) is 9.97 Å². The Bertz CT molecular complexity index is 1160. The van der Waals surface area contributed by atoms with Crippen molar-refractivity contribution >= 4 is 28.6 Å². The third kappa shape index (κ3) is 4.49. The number of aliphatic hydroxyl groups excluding tert-OH is 3. The quantitative estimate of drug-likeness (QED) is 0.367. The first-order valence-corrected chi connectivity index (χ1v) is 11.8. The van der Waals surface area contributed by atoms with Crippen molar-refractivity contribution in [2.75, 3.05) is 11.9 Å². The molecule has 0 spiro atoms. The maximum Gasteiger partial charge on any atom is 0.226 e. The van der Waals surface area contributed by atoms with E-state index in [1.807, 2.05) is 6.07 Å². The summed E-state index contributed by atoms with van der Waals surface area (Å²) >= 11 is 6.23. The summed E-state index contributed by atoms with van der Waals surface area (Å²) in [6.07, 6.45) is -0.0195. The Kier molecular flexibility index (Phi) is 6.70. The maximum atomic E-state index is 10.4. The molecule has 1 saturated heterocycles. The van der Waals surface area contributed by atoms with E-state index in [4.69, 9.17) is 21.1 Å². The van der Waals surface area contributed by atoms with Gasteiger partial charge in [-0.1, -0.05) is 29.8 Å². The molecule has 34 heavy (non-hydrogen) atoms. The number of hydrogen-bond acceptors (Lipinski definition) is 9. The normalized spacial score (nSPS) is 29.2. The van der Waals surface area contributed by atoms with Crippen molar-refractivity contribution in [1.82, 2.24) is 19.5 Å². The molecule has 5 rings (SSSR count). The van der Waals surface area contributed by atoms with E-state index in [2.05, 4.69) is 45.4 Å². The highest BCUT2D eigenvalue weighted by Gasteiger charge is 2.44. The second-order valence-electron chi connectivity index (χ2n) is 8.91. The number of aromatic nitrogens is 4. The average Bonchev–Trinajstić information content (AvgIpc) is 3.51. The fourth-order valence-corrected chi connectivity index (χ4v) is 4.92. The fourth-order valence-electron chi connectivity index (χ4n) is 4.76. The standard InChI is InChI=1S/C23H28ClN5O5/c1-12-4-2-5-13(8-12)10-33-15-7-3-6-14(15)26-20-17-21(28-23(24)27-20)29(11-25-17)22-19(32)18(31)16(9-30)34-22/h2,4-5,8,11,14-16,18-19,22,30-32H,3,6-7,9-10H2,1H3,(H,26,27,28)/t14-,15?,16?,18+,19+,22?/m0/s1. The van der Waals surface area contributed by atoms with Crippen molar-refractivity contribution in [2.24, 2.45) is 0 Å². The average molecular weight is 490 g/mol. The molecule has 1 aromatic carbocycles. The largest absolute Gasteiger partial charge is 0.394 e. The van der Waals surface area contributed by atoms with Gasteiger partial charge in [0, 0.05) is 0 Å². The minimum absolute atomic E-state index is 0.00633.